The normalized spacial score (nSPS) is 20.6. The predicted molar refractivity (Wildman–Crippen MR) is 93.3 cm³/mol. The lowest BCUT2D eigenvalue weighted by Crippen LogP contribution is -2.42. The molecule has 1 amide bonds. The molecule has 142 valence electrons. The highest BCUT2D eigenvalue weighted by Gasteiger charge is 2.37. The van der Waals surface area contributed by atoms with Crippen LogP contribution in [0.4, 0.5) is 0 Å². The second-order valence-electron chi connectivity index (χ2n) is 6.66. The zero-order chi connectivity index (χ0) is 18.5. The number of carbonyl (C=O) groups is 1. The summed E-state index contributed by atoms with van der Waals surface area (Å²) in [6.07, 6.45) is 5.49. The first-order valence-corrected chi connectivity index (χ1v) is 8.90. The smallest absolute Gasteiger partial charge is 0.246 e. The molecule has 9 heteroatoms. The summed E-state index contributed by atoms with van der Waals surface area (Å²) in [5.41, 5.74) is 0. The standard InChI is InChI=1S/C17H26N6O3/c1-4-5-14-20-16(26-21-14)10-23-8-12(17-18-6-7-22(17)2)13(9-23)19-15(24)11-25-3/h6-7,12-13H,4-5,8-11H2,1-3H3,(H,19,24)/t12-,13-/m1/s1. The minimum atomic E-state index is -0.124. The topological polar surface area (TPSA) is 98.3 Å². The van der Waals surface area contributed by atoms with E-state index >= 15 is 0 Å². The van der Waals surface area contributed by atoms with Gasteiger partial charge in [-0.15, -0.1) is 0 Å². The maximum Gasteiger partial charge on any atom is 0.246 e. The maximum absolute atomic E-state index is 12.0. The fourth-order valence-corrected chi connectivity index (χ4v) is 3.41. The molecule has 0 aromatic carbocycles. The maximum atomic E-state index is 12.0. The Morgan fingerprint density at radius 1 is 1.46 bits per heavy atom. The number of aromatic nitrogens is 4. The third-order valence-electron chi connectivity index (χ3n) is 4.55. The van der Waals surface area contributed by atoms with Crippen LogP contribution in [0.5, 0.6) is 0 Å². The van der Waals surface area contributed by atoms with Crippen LogP contribution in [-0.4, -0.2) is 63.3 Å². The summed E-state index contributed by atoms with van der Waals surface area (Å²) in [4.78, 5) is 23.1. The number of carbonyl (C=O) groups excluding carboxylic acids is 1. The Bertz CT molecular complexity index is 728. The van der Waals surface area contributed by atoms with Gasteiger partial charge in [0.1, 0.15) is 12.4 Å². The van der Waals surface area contributed by atoms with Crippen molar-refractivity contribution in [3.05, 3.63) is 29.9 Å². The van der Waals surface area contributed by atoms with Crippen LogP contribution in [0.2, 0.25) is 0 Å². The predicted octanol–water partition coefficient (Wildman–Crippen LogP) is 0.486. The fourth-order valence-electron chi connectivity index (χ4n) is 3.41. The Morgan fingerprint density at radius 2 is 2.31 bits per heavy atom. The number of nitrogens with one attached hydrogen (secondary N) is 1. The number of rotatable bonds is 8. The Kier molecular flexibility index (Phi) is 6.00. The van der Waals surface area contributed by atoms with Gasteiger partial charge in [0.25, 0.3) is 0 Å². The third-order valence-corrected chi connectivity index (χ3v) is 4.55. The molecular formula is C17H26N6O3. The van der Waals surface area contributed by atoms with Crippen LogP contribution in [-0.2, 0) is 29.5 Å². The highest BCUT2D eigenvalue weighted by molar-refractivity contribution is 5.77. The molecule has 1 saturated heterocycles. The van der Waals surface area contributed by atoms with Crippen molar-refractivity contribution in [3.63, 3.8) is 0 Å². The Balaban J connectivity index is 1.70. The Labute approximate surface area is 152 Å². The minimum Gasteiger partial charge on any atom is -0.375 e. The molecular weight excluding hydrogens is 336 g/mol. The van der Waals surface area contributed by atoms with Gasteiger partial charge in [0.05, 0.1) is 18.5 Å². The van der Waals surface area contributed by atoms with E-state index in [0.717, 1.165) is 31.0 Å². The van der Waals surface area contributed by atoms with Crippen molar-refractivity contribution >= 4 is 5.91 Å². The van der Waals surface area contributed by atoms with Gasteiger partial charge in [0.15, 0.2) is 5.82 Å². The van der Waals surface area contributed by atoms with Gasteiger partial charge in [0, 0.05) is 46.1 Å². The largest absolute Gasteiger partial charge is 0.375 e. The van der Waals surface area contributed by atoms with Crippen LogP contribution in [0.1, 0.15) is 36.8 Å². The number of hydrogen-bond donors (Lipinski definition) is 1. The quantitative estimate of drug-likeness (QED) is 0.729. The van der Waals surface area contributed by atoms with Crippen molar-refractivity contribution in [3.8, 4) is 0 Å². The molecule has 2 atom stereocenters. The molecule has 0 spiro atoms. The molecule has 26 heavy (non-hydrogen) atoms. The van der Waals surface area contributed by atoms with Crippen LogP contribution < -0.4 is 5.32 Å². The van der Waals surface area contributed by atoms with E-state index in [9.17, 15) is 4.79 Å². The van der Waals surface area contributed by atoms with Crippen molar-refractivity contribution < 1.29 is 14.1 Å². The SMILES string of the molecule is CCCc1noc(CN2C[C@@H](NC(=O)COC)[C@H](c3nccn3C)C2)n1. The van der Waals surface area contributed by atoms with Crippen LogP contribution in [0, 0.1) is 0 Å². The van der Waals surface area contributed by atoms with Crippen molar-refractivity contribution in [2.24, 2.45) is 7.05 Å². The number of ether oxygens (including phenoxy) is 1. The number of likely N-dealkylation sites (tertiary alicyclic amines) is 1. The van der Waals surface area contributed by atoms with Gasteiger partial charge in [-0.25, -0.2) is 4.98 Å². The second kappa shape index (κ2) is 8.41. The van der Waals surface area contributed by atoms with Gasteiger partial charge in [-0.2, -0.15) is 4.98 Å². The first-order valence-electron chi connectivity index (χ1n) is 8.90. The van der Waals surface area contributed by atoms with Crippen molar-refractivity contribution in [2.75, 3.05) is 26.8 Å². The minimum absolute atomic E-state index is 0.0446. The molecule has 0 unspecified atom stereocenters. The molecule has 3 heterocycles. The summed E-state index contributed by atoms with van der Waals surface area (Å²) in [7, 11) is 3.48. The number of nitrogens with zero attached hydrogens (tertiary/aromatic N) is 5. The Morgan fingerprint density at radius 3 is 3.00 bits per heavy atom. The summed E-state index contributed by atoms with van der Waals surface area (Å²) in [5.74, 6) is 2.27. The molecule has 9 nitrogen and oxygen atoms in total. The molecule has 1 aliphatic rings. The van der Waals surface area contributed by atoms with E-state index in [1.807, 2.05) is 17.8 Å². The molecule has 1 aliphatic heterocycles. The highest BCUT2D eigenvalue weighted by atomic mass is 16.5. The Hall–Kier alpha value is -2.26. The highest BCUT2D eigenvalue weighted by Crippen LogP contribution is 2.27. The lowest BCUT2D eigenvalue weighted by atomic mass is 10.0. The average Bonchev–Trinajstić information content (AvgIpc) is 3.30. The molecule has 3 rings (SSSR count). The summed E-state index contributed by atoms with van der Waals surface area (Å²) >= 11 is 0. The van der Waals surface area contributed by atoms with Crippen molar-refractivity contribution in [1.29, 1.82) is 0 Å². The first kappa shape index (κ1) is 18.5. The fraction of sp³-hybridized carbons (Fsp3) is 0.647. The number of hydrogen-bond acceptors (Lipinski definition) is 7. The van der Waals surface area contributed by atoms with Gasteiger partial charge in [-0.3, -0.25) is 9.69 Å². The average molecular weight is 362 g/mol. The van der Waals surface area contributed by atoms with Crippen LogP contribution in [0.3, 0.4) is 0 Å². The van der Waals surface area contributed by atoms with E-state index in [1.54, 1.807) is 6.20 Å². The second-order valence-corrected chi connectivity index (χ2v) is 6.66. The summed E-state index contributed by atoms with van der Waals surface area (Å²) < 4.78 is 12.3. The summed E-state index contributed by atoms with van der Waals surface area (Å²) in [5, 5.41) is 7.07. The van der Waals surface area contributed by atoms with E-state index in [-0.39, 0.29) is 24.5 Å². The van der Waals surface area contributed by atoms with Gasteiger partial charge >= 0.3 is 0 Å². The molecule has 0 aliphatic carbocycles. The molecule has 2 aromatic heterocycles. The van der Waals surface area contributed by atoms with Crippen molar-refractivity contribution in [1.82, 2.24) is 29.9 Å². The van der Waals surface area contributed by atoms with E-state index in [0.29, 0.717) is 19.0 Å². The van der Waals surface area contributed by atoms with Crippen LogP contribution >= 0.6 is 0 Å². The van der Waals surface area contributed by atoms with Gasteiger partial charge in [-0.05, 0) is 6.42 Å². The lowest BCUT2D eigenvalue weighted by Gasteiger charge is -2.19. The van der Waals surface area contributed by atoms with Gasteiger partial charge < -0.3 is 19.1 Å². The van der Waals surface area contributed by atoms with E-state index < -0.39 is 0 Å². The number of imidazole rings is 1. The summed E-state index contributed by atoms with van der Waals surface area (Å²) in [6.45, 7) is 4.15. The molecule has 0 saturated carbocycles. The van der Waals surface area contributed by atoms with Crippen molar-refractivity contribution in [2.45, 2.75) is 38.3 Å². The monoisotopic (exact) mass is 362 g/mol. The van der Waals surface area contributed by atoms with Crippen LogP contribution in [0.15, 0.2) is 16.9 Å². The molecule has 1 N–H and O–H groups in total. The molecule has 1 fully saturated rings. The van der Waals surface area contributed by atoms with Crippen LogP contribution in [0.25, 0.3) is 0 Å². The number of methoxy groups -OCH3 is 1. The van der Waals surface area contributed by atoms with E-state index in [4.69, 9.17) is 9.26 Å². The van der Waals surface area contributed by atoms with Gasteiger partial charge in [0.2, 0.25) is 11.8 Å². The first-order chi connectivity index (χ1) is 12.6. The van der Waals surface area contributed by atoms with E-state index in [1.165, 1.54) is 7.11 Å². The molecule has 2 aromatic rings. The summed E-state index contributed by atoms with van der Waals surface area (Å²) in [6, 6.07) is -0.0446. The number of aryl methyl sites for hydroxylation is 2. The molecule has 0 radical (unpaired) electrons. The molecule has 0 bridgehead atoms. The zero-order valence-electron chi connectivity index (χ0n) is 15.5. The third kappa shape index (κ3) is 4.28. The zero-order valence-corrected chi connectivity index (χ0v) is 15.5. The lowest BCUT2D eigenvalue weighted by molar-refractivity contribution is -0.125. The van der Waals surface area contributed by atoms with Gasteiger partial charge in [-0.1, -0.05) is 12.1 Å². The number of amides is 1. The van der Waals surface area contributed by atoms with E-state index in [2.05, 4.69) is 32.3 Å².